The number of benzene rings is 1. The Morgan fingerprint density at radius 1 is 1.45 bits per heavy atom. The summed E-state index contributed by atoms with van der Waals surface area (Å²) in [6.07, 6.45) is 2.23. The van der Waals surface area contributed by atoms with Gasteiger partial charge in [-0.05, 0) is 44.6 Å². The Bertz CT molecular complexity index is 689. The first-order valence-electron chi connectivity index (χ1n) is 7.96. The van der Waals surface area contributed by atoms with Crippen molar-refractivity contribution >= 4 is 16.9 Å². The molecule has 0 bridgehead atoms. The van der Waals surface area contributed by atoms with Gasteiger partial charge in [0.05, 0.1) is 11.0 Å². The van der Waals surface area contributed by atoms with Crippen molar-refractivity contribution in [3.05, 3.63) is 29.6 Å². The third-order valence-corrected chi connectivity index (χ3v) is 4.31. The number of hydrogen-bond donors (Lipinski definition) is 1. The lowest BCUT2D eigenvalue weighted by Gasteiger charge is -2.20. The highest BCUT2D eigenvalue weighted by atomic mass is 16.1. The first-order chi connectivity index (χ1) is 10.5. The second-order valence-corrected chi connectivity index (χ2v) is 6.54. The lowest BCUT2D eigenvalue weighted by Crippen LogP contribution is -2.31. The smallest absolute Gasteiger partial charge is 0.251 e. The first-order valence-corrected chi connectivity index (χ1v) is 7.96. The highest BCUT2D eigenvalue weighted by Gasteiger charge is 2.19. The van der Waals surface area contributed by atoms with Gasteiger partial charge >= 0.3 is 0 Å². The number of nitrogens with one attached hydrogen (secondary N) is 1. The maximum Gasteiger partial charge on any atom is 0.251 e. The van der Waals surface area contributed by atoms with Gasteiger partial charge in [-0.25, -0.2) is 4.98 Å². The van der Waals surface area contributed by atoms with Gasteiger partial charge in [0, 0.05) is 31.6 Å². The Morgan fingerprint density at radius 2 is 2.27 bits per heavy atom. The van der Waals surface area contributed by atoms with Crippen LogP contribution in [0.4, 0.5) is 0 Å². The number of amides is 1. The first kappa shape index (κ1) is 15.0. The molecular formula is C17H24N4O. The predicted molar refractivity (Wildman–Crippen MR) is 88.1 cm³/mol. The van der Waals surface area contributed by atoms with Crippen LogP contribution in [0, 0.1) is 5.92 Å². The second-order valence-electron chi connectivity index (χ2n) is 6.54. The van der Waals surface area contributed by atoms with E-state index in [1.807, 2.05) is 37.2 Å². The van der Waals surface area contributed by atoms with Crippen molar-refractivity contribution in [2.24, 2.45) is 5.92 Å². The van der Waals surface area contributed by atoms with Crippen molar-refractivity contribution < 1.29 is 4.79 Å². The topological polar surface area (TPSA) is 50.2 Å². The van der Waals surface area contributed by atoms with Crippen molar-refractivity contribution in [3.8, 4) is 0 Å². The van der Waals surface area contributed by atoms with E-state index in [9.17, 15) is 4.79 Å². The van der Waals surface area contributed by atoms with E-state index in [0.29, 0.717) is 18.0 Å². The Balaban J connectivity index is 1.80. The van der Waals surface area contributed by atoms with Crippen LogP contribution in [0.2, 0.25) is 0 Å². The van der Waals surface area contributed by atoms with E-state index < -0.39 is 0 Å². The standard InChI is InChI=1S/C17H24N4O/c1-12-6-8-21-15-5-4-13(11-14(15)19-16(21)10-12)17(22)18-7-9-20(2)3/h4-5,11-12H,6-10H2,1-3H3,(H,18,22)/t12-/m1/s1. The van der Waals surface area contributed by atoms with Crippen LogP contribution in [-0.2, 0) is 13.0 Å². The van der Waals surface area contributed by atoms with E-state index in [-0.39, 0.29) is 5.91 Å². The van der Waals surface area contributed by atoms with Crippen molar-refractivity contribution in [2.75, 3.05) is 27.2 Å². The van der Waals surface area contributed by atoms with E-state index in [1.54, 1.807) is 0 Å². The van der Waals surface area contributed by atoms with Crippen LogP contribution < -0.4 is 5.32 Å². The summed E-state index contributed by atoms with van der Waals surface area (Å²) in [6, 6.07) is 5.85. The normalized spacial score (nSPS) is 17.7. The Hall–Kier alpha value is -1.88. The van der Waals surface area contributed by atoms with Gasteiger partial charge in [-0.2, -0.15) is 0 Å². The molecule has 0 aliphatic carbocycles. The fraction of sp³-hybridized carbons (Fsp3) is 0.529. The molecule has 2 aromatic rings. The third kappa shape index (κ3) is 2.99. The van der Waals surface area contributed by atoms with E-state index in [0.717, 1.165) is 36.4 Å². The second kappa shape index (κ2) is 6.08. The van der Waals surface area contributed by atoms with Crippen molar-refractivity contribution in [1.82, 2.24) is 19.8 Å². The number of likely N-dealkylation sites (N-methyl/N-ethyl adjacent to an activating group) is 1. The largest absolute Gasteiger partial charge is 0.351 e. The number of imidazole rings is 1. The number of carbonyl (C=O) groups is 1. The van der Waals surface area contributed by atoms with Gasteiger partial charge in [0.15, 0.2) is 0 Å². The van der Waals surface area contributed by atoms with Crippen LogP contribution >= 0.6 is 0 Å². The Morgan fingerprint density at radius 3 is 3.05 bits per heavy atom. The van der Waals surface area contributed by atoms with Crippen molar-refractivity contribution in [1.29, 1.82) is 0 Å². The summed E-state index contributed by atoms with van der Waals surface area (Å²) in [5.74, 6) is 1.82. The minimum atomic E-state index is -0.0249. The number of carbonyl (C=O) groups excluding carboxylic acids is 1. The molecular weight excluding hydrogens is 276 g/mol. The maximum atomic E-state index is 12.2. The van der Waals surface area contributed by atoms with Crippen molar-refractivity contribution in [3.63, 3.8) is 0 Å². The van der Waals surface area contributed by atoms with Crippen LogP contribution in [0.5, 0.6) is 0 Å². The lowest BCUT2D eigenvalue weighted by molar-refractivity contribution is 0.0951. The number of aryl methyl sites for hydroxylation is 1. The van der Waals surface area contributed by atoms with E-state index in [2.05, 4.69) is 16.8 Å². The third-order valence-electron chi connectivity index (χ3n) is 4.31. The Labute approximate surface area is 131 Å². The molecule has 0 saturated carbocycles. The number of fused-ring (bicyclic) bond motifs is 3. The van der Waals surface area contributed by atoms with Gasteiger partial charge in [-0.3, -0.25) is 4.79 Å². The molecule has 0 spiro atoms. The van der Waals surface area contributed by atoms with Gasteiger partial charge in [-0.15, -0.1) is 0 Å². The molecule has 1 aliphatic heterocycles. The number of nitrogens with zero attached hydrogens (tertiary/aromatic N) is 3. The zero-order valence-corrected chi connectivity index (χ0v) is 13.6. The molecule has 0 saturated heterocycles. The van der Waals surface area contributed by atoms with Crippen molar-refractivity contribution in [2.45, 2.75) is 26.3 Å². The van der Waals surface area contributed by atoms with E-state index >= 15 is 0 Å². The lowest BCUT2D eigenvalue weighted by atomic mass is 10.0. The molecule has 1 N–H and O–H groups in total. The molecule has 0 fully saturated rings. The summed E-state index contributed by atoms with van der Waals surface area (Å²) in [4.78, 5) is 19.0. The molecule has 118 valence electrons. The summed E-state index contributed by atoms with van der Waals surface area (Å²) >= 11 is 0. The molecule has 1 amide bonds. The molecule has 3 rings (SSSR count). The highest BCUT2D eigenvalue weighted by molar-refractivity contribution is 5.97. The maximum absolute atomic E-state index is 12.2. The zero-order valence-electron chi connectivity index (χ0n) is 13.6. The van der Waals surface area contributed by atoms with E-state index in [1.165, 1.54) is 6.42 Å². The average molecular weight is 300 g/mol. The molecule has 0 unspecified atom stereocenters. The monoisotopic (exact) mass is 300 g/mol. The molecule has 1 aromatic carbocycles. The molecule has 1 aliphatic rings. The molecule has 2 heterocycles. The average Bonchev–Trinajstić information content (AvgIpc) is 2.82. The summed E-state index contributed by atoms with van der Waals surface area (Å²) in [5, 5.41) is 2.95. The number of rotatable bonds is 4. The molecule has 5 nitrogen and oxygen atoms in total. The van der Waals surface area contributed by atoms with Crippen LogP contribution in [0.25, 0.3) is 11.0 Å². The predicted octanol–water partition coefficient (Wildman–Crippen LogP) is 1.91. The molecule has 22 heavy (non-hydrogen) atoms. The van der Waals surface area contributed by atoms with Gasteiger partial charge in [0.25, 0.3) is 5.91 Å². The molecule has 0 radical (unpaired) electrons. The van der Waals surface area contributed by atoms with Gasteiger partial charge < -0.3 is 14.8 Å². The summed E-state index contributed by atoms with van der Waals surface area (Å²) < 4.78 is 2.29. The van der Waals surface area contributed by atoms with Gasteiger partial charge in [0.2, 0.25) is 0 Å². The fourth-order valence-electron chi connectivity index (χ4n) is 2.98. The minimum absolute atomic E-state index is 0.0249. The SMILES string of the molecule is C[C@@H]1CCn2c(nc3cc(C(=O)NCCN(C)C)ccc32)C1. The minimum Gasteiger partial charge on any atom is -0.351 e. The summed E-state index contributed by atoms with van der Waals surface area (Å²) in [5.41, 5.74) is 2.77. The quantitative estimate of drug-likeness (QED) is 0.938. The number of hydrogen-bond acceptors (Lipinski definition) is 3. The van der Waals surface area contributed by atoms with Crippen LogP contribution in [0.3, 0.4) is 0 Å². The van der Waals surface area contributed by atoms with Crippen LogP contribution in [-0.4, -0.2) is 47.5 Å². The molecule has 5 heteroatoms. The molecule has 1 aromatic heterocycles. The summed E-state index contributed by atoms with van der Waals surface area (Å²) in [6.45, 7) is 4.79. The van der Waals surface area contributed by atoms with Crippen LogP contribution in [0.1, 0.15) is 29.5 Å². The molecule has 1 atom stereocenters. The van der Waals surface area contributed by atoms with Gasteiger partial charge in [-0.1, -0.05) is 6.92 Å². The number of aromatic nitrogens is 2. The fourth-order valence-corrected chi connectivity index (χ4v) is 2.98. The zero-order chi connectivity index (χ0) is 15.7. The highest BCUT2D eigenvalue weighted by Crippen LogP contribution is 2.25. The van der Waals surface area contributed by atoms with Gasteiger partial charge in [0.1, 0.15) is 5.82 Å². The van der Waals surface area contributed by atoms with E-state index in [4.69, 9.17) is 4.98 Å². The Kier molecular flexibility index (Phi) is 4.16. The van der Waals surface area contributed by atoms with Crippen LogP contribution in [0.15, 0.2) is 18.2 Å². The summed E-state index contributed by atoms with van der Waals surface area (Å²) in [7, 11) is 3.99.